The van der Waals surface area contributed by atoms with Crippen molar-refractivity contribution in [1.29, 1.82) is 0 Å². The van der Waals surface area contributed by atoms with Gasteiger partial charge in [-0.3, -0.25) is 4.79 Å². The third kappa shape index (κ3) is 2.31. The van der Waals surface area contributed by atoms with Gasteiger partial charge in [0.25, 0.3) is 0 Å². The van der Waals surface area contributed by atoms with E-state index in [-0.39, 0.29) is 5.56 Å². The Labute approximate surface area is 73.2 Å². The van der Waals surface area contributed by atoms with Crippen LogP contribution in [0.2, 0.25) is 0 Å². The summed E-state index contributed by atoms with van der Waals surface area (Å²) in [6.07, 6.45) is -3.57. The molecule has 1 radical (unpaired) electrons. The molecule has 0 heterocycles. The van der Waals surface area contributed by atoms with E-state index in [1.165, 1.54) is 24.3 Å². The second-order valence-electron chi connectivity index (χ2n) is 2.50. The van der Waals surface area contributed by atoms with Crippen LogP contribution in [-0.2, 0) is 4.79 Å². The second-order valence-corrected chi connectivity index (χ2v) is 2.50. The van der Waals surface area contributed by atoms with Crippen molar-refractivity contribution in [3.8, 4) is 0 Å². The van der Waals surface area contributed by atoms with E-state index in [0.717, 1.165) is 6.29 Å². The SMILES string of the molecule is O=[C]C(c1ccccc1)C(F)(F)F. The molecule has 1 rings (SSSR count). The van der Waals surface area contributed by atoms with Crippen LogP contribution in [0.4, 0.5) is 13.2 Å². The minimum Gasteiger partial charge on any atom is -0.290 e. The van der Waals surface area contributed by atoms with Gasteiger partial charge in [-0.1, -0.05) is 30.3 Å². The van der Waals surface area contributed by atoms with Crippen LogP contribution in [0.25, 0.3) is 0 Å². The number of hydrogen-bond acceptors (Lipinski definition) is 1. The first-order valence-electron chi connectivity index (χ1n) is 3.55. The zero-order valence-electron chi connectivity index (χ0n) is 6.51. The summed E-state index contributed by atoms with van der Waals surface area (Å²) in [6, 6.07) is 6.99. The second kappa shape index (κ2) is 3.60. The largest absolute Gasteiger partial charge is 0.403 e. The van der Waals surface area contributed by atoms with E-state index in [1.807, 2.05) is 0 Å². The molecule has 1 aromatic rings. The van der Waals surface area contributed by atoms with Gasteiger partial charge in [-0.05, 0) is 5.56 Å². The normalized spacial score (nSPS) is 13.8. The van der Waals surface area contributed by atoms with E-state index in [1.54, 1.807) is 6.07 Å². The summed E-state index contributed by atoms with van der Waals surface area (Å²) in [6.45, 7) is 0. The van der Waals surface area contributed by atoms with Crippen molar-refractivity contribution in [2.75, 3.05) is 0 Å². The first kappa shape index (κ1) is 9.77. The molecule has 0 N–H and O–H groups in total. The molecular formula is C9H6F3O. The van der Waals surface area contributed by atoms with E-state index < -0.39 is 12.1 Å². The summed E-state index contributed by atoms with van der Waals surface area (Å²) >= 11 is 0. The predicted molar refractivity (Wildman–Crippen MR) is 40.9 cm³/mol. The molecule has 0 aliphatic rings. The van der Waals surface area contributed by atoms with Crippen LogP contribution in [0.5, 0.6) is 0 Å². The Hall–Kier alpha value is -1.32. The molecule has 0 amide bonds. The number of benzene rings is 1. The Morgan fingerprint density at radius 2 is 1.69 bits per heavy atom. The molecule has 4 heteroatoms. The van der Waals surface area contributed by atoms with Crippen LogP contribution >= 0.6 is 0 Å². The van der Waals surface area contributed by atoms with Gasteiger partial charge in [-0.25, -0.2) is 0 Å². The lowest BCUT2D eigenvalue weighted by Crippen LogP contribution is -2.21. The monoisotopic (exact) mass is 187 g/mol. The predicted octanol–water partition coefficient (Wildman–Crippen LogP) is 2.44. The molecule has 1 nitrogen and oxygen atoms in total. The summed E-state index contributed by atoms with van der Waals surface area (Å²) in [4.78, 5) is 10.1. The van der Waals surface area contributed by atoms with Crippen LogP contribution < -0.4 is 0 Å². The molecular weight excluding hydrogens is 181 g/mol. The smallest absolute Gasteiger partial charge is 0.290 e. The summed E-state index contributed by atoms with van der Waals surface area (Å²) in [5.74, 6) is -2.13. The van der Waals surface area contributed by atoms with Crippen LogP contribution in [0.1, 0.15) is 11.5 Å². The molecule has 1 atom stereocenters. The zero-order valence-corrected chi connectivity index (χ0v) is 6.51. The fraction of sp³-hybridized carbons (Fsp3) is 0.222. The van der Waals surface area contributed by atoms with E-state index in [9.17, 15) is 18.0 Å². The molecule has 0 aliphatic heterocycles. The lowest BCUT2D eigenvalue weighted by molar-refractivity contribution is -0.135. The van der Waals surface area contributed by atoms with Gasteiger partial charge in [-0.2, -0.15) is 13.2 Å². The standard InChI is InChI=1S/C9H6F3O/c10-9(11,12)8(6-13)7-4-2-1-3-5-7/h1-5,8H. The summed E-state index contributed by atoms with van der Waals surface area (Å²) in [5, 5.41) is 0. The molecule has 13 heavy (non-hydrogen) atoms. The molecule has 0 bridgehead atoms. The summed E-state index contributed by atoms with van der Waals surface area (Å²) in [5.41, 5.74) is -0.0787. The highest BCUT2D eigenvalue weighted by molar-refractivity contribution is 5.64. The van der Waals surface area contributed by atoms with Gasteiger partial charge in [-0.15, -0.1) is 0 Å². The molecule has 0 fully saturated rings. The third-order valence-corrected chi connectivity index (χ3v) is 1.58. The van der Waals surface area contributed by atoms with Gasteiger partial charge in [0.05, 0.1) is 0 Å². The fourth-order valence-electron chi connectivity index (χ4n) is 0.969. The maximum atomic E-state index is 12.1. The van der Waals surface area contributed by atoms with Crippen molar-refractivity contribution in [3.63, 3.8) is 0 Å². The highest BCUT2D eigenvalue weighted by Crippen LogP contribution is 2.32. The molecule has 0 saturated heterocycles. The van der Waals surface area contributed by atoms with Crippen molar-refractivity contribution in [3.05, 3.63) is 35.9 Å². The van der Waals surface area contributed by atoms with Crippen LogP contribution in [-0.4, -0.2) is 12.5 Å². The summed E-state index contributed by atoms with van der Waals surface area (Å²) < 4.78 is 36.4. The number of halogens is 3. The van der Waals surface area contributed by atoms with Crippen LogP contribution in [0.15, 0.2) is 30.3 Å². The maximum Gasteiger partial charge on any atom is 0.403 e. The van der Waals surface area contributed by atoms with Crippen molar-refractivity contribution < 1.29 is 18.0 Å². The average Bonchev–Trinajstić information content (AvgIpc) is 2.05. The van der Waals surface area contributed by atoms with Crippen molar-refractivity contribution in [2.45, 2.75) is 12.1 Å². The highest BCUT2D eigenvalue weighted by Gasteiger charge is 2.41. The molecule has 0 spiro atoms. The lowest BCUT2D eigenvalue weighted by Gasteiger charge is -2.13. The summed E-state index contributed by atoms with van der Waals surface area (Å²) in [7, 11) is 0. The Morgan fingerprint density at radius 3 is 2.08 bits per heavy atom. The molecule has 69 valence electrons. The minimum atomic E-state index is -4.55. The van der Waals surface area contributed by atoms with Crippen LogP contribution in [0, 0.1) is 0 Å². The third-order valence-electron chi connectivity index (χ3n) is 1.58. The van der Waals surface area contributed by atoms with E-state index in [0.29, 0.717) is 0 Å². The zero-order chi connectivity index (χ0) is 9.90. The molecule has 0 aliphatic carbocycles. The van der Waals surface area contributed by atoms with Crippen molar-refractivity contribution in [1.82, 2.24) is 0 Å². The first-order valence-corrected chi connectivity index (χ1v) is 3.55. The minimum absolute atomic E-state index is 0.0787. The van der Waals surface area contributed by atoms with E-state index in [4.69, 9.17) is 0 Å². The fourth-order valence-corrected chi connectivity index (χ4v) is 0.969. The van der Waals surface area contributed by atoms with E-state index >= 15 is 0 Å². The number of hydrogen-bond donors (Lipinski definition) is 0. The Kier molecular flexibility index (Phi) is 2.70. The van der Waals surface area contributed by atoms with Gasteiger partial charge in [0.15, 0.2) is 0 Å². The first-order chi connectivity index (χ1) is 6.05. The topological polar surface area (TPSA) is 17.1 Å². The Morgan fingerprint density at radius 1 is 1.15 bits per heavy atom. The molecule has 0 aromatic heterocycles. The molecule has 1 unspecified atom stereocenters. The Balaban J connectivity index is 2.99. The number of alkyl halides is 3. The number of carbonyl (C=O) groups excluding carboxylic acids is 1. The number of rotatable bonds is 2. The van der Waals surface area contributed by atoms with E-state index in [2.05, 4.69) is 0 Å². The van der Waals surface area contributed by atoms with Gasteiger partial charge in [0.2, 0.25) is 6.29 Å². The quantitative estimate of drug-likeness (QED) is 0.694. The van der Waals surface area contributed by atoms with Gasteiger partial charge >= 0.3 is 6.18 Å². The van der Waals surface area contributed by atoms with Gasteiger partial charge in [0.1, 0.15) is 5.92 Å². The van der Waals surface area contributed by atoms with Crippen molar-refractivity contribution in [2.24, 2.45) is 0 Å². The molecule has 1 aromatic carbocycles. The van der Waals surface area contributed by atoms with Gasteiger partial charge < -0.3 is 0 Å². The average molecular weight is 187 g/mol. The highest BCUT2D eigenvalue weighted by atomic mass is 19.4. The maximum absolute atomic E-state index is 12.1. The molecule has 0 saturated carbocycles. The van der Waals surface area contributed by atoms with Crippen LogP contribution in [0.3, 0.4) is 0 Å². The lowest BCUT2D eigenvalue weighted by atomic mass is 10.0. The van der Waals surface area contributed by atoms with Crippen molar-refractivity contribution >= 4 is 6.29 Å². The Bertz CT molecular complexity index is 279. The van der Waals surface area contributed by atoms with Gasteiger partial charge in [0, 0.05) is 0 Å².